The number of fused-ring (bicyclic) bond motifs is 1. The minimum absolute atomic E-state index is 0.124. The Kier molecular flexibility index (Phi) is 6.73. The molecule has 3 aromatic heterocycles. The average Bonchev–Trinajstić information content (AvgIpc) is 3.49. The molecule has 0 aliphatic carbocycles. The molecule has 0 saturated carbocycles. The number of thiocarbonyl (C=S) groups is 1. The molecular weight excluding hydrogens is 496 g/mol. The first-order valence-corrected chi connectivity index (χ1v) is 12.4. The van der Waals surface area contributed by atoms with Gasteiger partial charge >= 0.3 is 0 Å². The number of aliphatic hydroxyl groups excluding tert-OH is 1. The average molecular weight is 519 g/mol. The number of nitrogens with zero attached hydrogens (tertiary/aromatic N) is 3. The fraction of sp³-hybridized carbons (Fsp3) is 0.154. The van der Waals surface area contributed by atoms with Crippen LogP contribution in [-0.4, -0.2) is 36.2 Å². The molecule has 1 atom stereocenters. The van der Waals surface area contributed by atoms with Crippen molar-refractivity contribution < 1.29 is 14.3 Å². The van der Waals surface area contributed by atoms with Gasteiger partial charge < -0.3 is 14.8 Å². The number of benzene rings is 1. The molecule has 0 radical (unpaired) electrons. The number of hydrogen-bond donors (Lipinski definition) is 2. The summed E-state index contributed by atoms with van der Waals surface area (Å²) in [5.41, 5.74) is 1.91. The molecule has 1 aliphatic rings. The highest BCUT2D eigenvalue weighted by molar-refractivity contribution is 8.26. The van der Waals surface area contributed by atoms with Gasteiger partial charge in [0.05, 0.1) is 29.4 Å². The van der Waals surface area contributed by atoms with Crippen molar-refractivity contribution in [2.24, 2.45) is 0 Å². The monoisotopic (exact) mass is 518 g/mol. The number of carbonyl (C=O) groups is 1. The summed E-state index contributed by atoms with van der Waals surface area (Å²) in [5.74, 6) is 0.568. The van der Waals surface area contributed by atoms with Gasteiger partial charge in [0.1, 0.15) is 21.5 Å². The van der Waals surface area contributed by atoms with Gasteiger partial charge in [0.2, 0.25) is 0 Å². The zero-order valence-corrected chi connectivity index (χ0v) is 20.9. The van der Waals surface area contributed by atoms with Crippen molar-refractivity contribution in [3.63, 3.8) is 0 Å². The van der Waals surface area contributed by atoms with Gasteiger partial charge in [-0.2, -0.15) is 0 Å². The van der Waals surface area contributed by atoms with Gasteiger partial charge in [-0.1, -0.05) is 60.4 Å². The summed E-state index contributed by atoms with van der Waals surface area (Å²) in [5, 5.41) is 13.8. The Labute approximate surface area is 216 Å². The maximum Gasteiger partial charge on any atom is 0.267 e. The first kappa shape index (κ1) is 24.0. The normalized spacial score (nSPS) is 15.7. The van der Waals surface area contributed by atoms with Gasteiger partial charge in [-0.3, -0.25) is 18.9 Å². The lowest BCUT2D eigenvalue weighted by Crippen LogP contribution is -2.27. The summed E-state index contributed by atoms with van der Waals surface area (Å²) < 4.78 is 7.18. The Balaban J connectivity index is 1.52. The van der Waals surface area contributed by atoms with Crippen LogP contribution in [0.25, 0.3) is 11.7 Å². The van der Waals surface area contributed by atoms with Gasteiger partial charge in [-0.25, -0.2) is 4.98 Å². The Morgan fingerprint density at radius 2 is 1.97 bits per heavy atom. The van der Waals surface area contributed by atoms with Crippen LogP contribution >= 0.6 is 24.0 Å². The molecule has 182 valence electrons. The number of rotatable bonds is 7. The highest BCUT2D eigenvalue weighted by atomic mass is 32.2. The highest BCUT2D eigenvalue weighted by Crippen LogP contribution is 2.34. The zero-order chi connectivity index (χ0) is 25.2. The maximum absolute atomic E-state index is 13.5. The summed E-state index contributed by atoms with van der Waals surface area (Å²) in [7, 11) is 0. The van der Waals surface area contributed by atoms with Crippen LogP contribution < -0.4 is 10.9 Å². The van der Waals surface area contributed by atoms with Gasteiger partial charge in [-0.05, 0) is 42.3 Å². The topological polar surface area (TPSA) is 100 Å². The number of aliphatic hydroxyl groups is 1. The third-order valence-corrected chi connectivity index (χ3v) is 7.15. The second kappa shape index (κ2) is 10.1. The molecule has 36 heavy (non-hydrogen) atoms. The SMILES string of the molecule is Cc1cccn2c(=O)c(/C=C3\SC(=S)N(Cc4ccco4)C3=O)c(NCC(O)c3ccccc3)nc12. The molecule has 1 aliphatic heterocycles. The fourth-order valence-corrected chi connectivity index (χ4v) is 5.13. The Bertz CT molecular complexity index is 1530. The number of furan rings is 1. The number of aryl methyl sites for hydroxylation is 1. The van der Waals surface area contributed by atoms with Crippen molar-refractivity contribution in [2.45, 2.75) is 19.6 Å². The highest BCUT2D eigenvalue weighted by Gasteiger charge is 2.33. The molecule has 1 amide bonds. The largest absolute Gasteiger partial charge is 0.467 e. The lowest BCUT2D eigenvalue weighted by atomic mass is 10.1. The van der Waals surface area contributed by atoms with Gasteiger partial charge in [-0.15, -0.1) is 0 Å². The predicted molar refractivity (Wildman–Crippen MR) is 144 cm³/mol. The second-order valence-corrected chi connectivity index (χ2v) is 9.89. The number of pyridine rings is 1. The van der Waals surface area contributed by atoms with Crippen molar-refractivity contribution in [1.82, 2.24) is 14.3 Å². The Hall–Kier alpha value is -3.73. The number of nitrogens with one attached hydrogen (secondary N) is 1. The number of aromatic nitrogens is 2. The van der Waals surface area contributed by atoms with E-state index < -0.39 is 6.10 Å². The minimum atomic E-state index is -0.817. The van der Waals surface area contributed by atoms with Crippen LogP contribution in [0.2, 0.25) is 0 Å². The van der Waals surface area contributed by atoms with E-state index in [1.54, 1.807) is 24.4 Å². The van der Waals surface area contributed by atoms with Crippen LogP contribution in [0, 0.1) is 6.92 Å². The van der Waals surface area contributed by atoms with E-state index in [9.17, 15) is 14.7 Å². The van der Waals surface area contributed by atoms with E-state index in [-0.39, 0.29) is 35.9 Å². The van der Waals surface area contributed by atoms with Gasteiger partial charge in [0, 0.05) is 12.7 Å². The first-order chi connectivity index (χ1) is 17.4. The second-order valence-electron chi connectivity index (χ2n) is 8.22. The van der Waals surface area contributed by atoms with Crippen LogP contribution in [0.5, 0.6) is 0 Å². The predicted octanol–water partition coefficient (Wildman–Crippen LogP) is 4.14. The molecule has 1 aromatic carbocycles. The first-order valence-electron chi connectivity index (χ1n) is 11.2. The molecule has 1 unspecified atom stereocenters. The number of anilines is 1. The van der Waals surface area contributed by atoms with Crippen LogP contribution in [0.15, 0.2) is 81.2 Å². The Morgan fingerprint density at radius 3 is 2.72 bits per heavy atom. The Morgan fingerprint density at radius 1 is 1.17 bits per heavy atom. The van der Waals surface area contributed by atoms with E-state index in [1.165, 1.54) is 21.6 Å². The third-order valence-electron chi connectivity index (χ3n) is 5.77. The van der Waals surface area contributed by atoms with Crippen molar-refractivity contribution in [2.75, 3.05) is 11.9 Å². The van der Waals surface area contributed by atoms with E-state index in [1.807, 2.05) is 43.3 Å². The molecule has 5 rings (SSSR count). The molecular formula is C26H22N4O4S2. The third kappa shape index (κ3) is 4.70. The van der Waals surface area contributed by atoms with Gasteiger partial charge in [0.15, 0.2) is 0 Å². The molecule has 8 nitrogen and oxygen atoms in total. The molecule has 2 N–H and O–H groups in total. The van der Waals surface area contributed by atoms with Crippen LogP contribution in [0.4, 0.5) is 5.82 Å². The van der Waals surface area contributed by atoms with Crippen LogP contribution in [-0.2, 0) is 11.3 Å². The van der Waals surface area contributed by atoms with E-state index in [0.717, 1.165) is 22.9 Å². The molecule has 4 heterocycles. The molecule has 1 fully saturated rings. The molecule has 0 bridgehead atoms. The van der Waals surface area contributed by atoms with Crippen molar-refractivity contribution in [3.8, 4) is 0 Å². The number of carbonyl (C=O) groups excluding carboxylic acids is 1. The minimum Gasteiger partial charge on any atom is -0.467 e. The van der Waals surface area contributed by atoms with E-state index in [0.29, 0.717) is 20.6 Å². The van der Waals surface area contributed by atoms with E-state index >= 15 is 0 Å². The van der Waals surface area contributed by atoms with Crippen molar-refractivity contribution in [3.05, 3.63) is 105 Å². The van der Waals surface area contributed by atoms with E-state index in [4.69, 9.17) is 16.6 Å². The number of thioether (sulfide) groups is 1. The lowest BCUT2D eigenvalue weighted by molar-refractivity contribution is -0.122. The van der Waals surface area contributed by atoms with Crippen molar-refractivity contribution in [1.29, 1.82) is 0 Å². The van der Waals surface area contributed by atoms with Crippen LogP contribution in [0.1, 0.15) is 28.6 Å². The summed E-state index contributed by atoms with van der Waals surface area (Å²) >= 11 is 6.54. The molecule has 0 spiro atoms. The van der Waals surface area contributed by atoms with Crippen molar-refractivity contribution >= 4 is 51.7 Å². The maximum atomic E-state index is 13.5. The number of hydrogen-bond acceptors (Lipinski definition) is 8. The van der Waals surface area contributed by atoms with Gasteiger partial charge in [0.25, 0.3) is 11.5 Å². The fourth-order valence-electron chi connectivity index (χ4n) is 3.89. The number of amides is 1. The van der Waals surface area contributed by atoms with Crippen LogP contribution in [0.3, 0.4) is 0 Å². The summed E-state index contributed by atoms with van der Waals surface area (Å²) in [4.78, 5) is 33.1. The zero-order valence-electron chi connectivity index (χ0n) is 19.2. The quantitative estimate of drug-likeness (QED) is 0.278. The molecule has 1 saturated heterocycles. The molecule has 10 heteroatoms. The smallest absolute Gasteiger partial charge is 0.267 e. The summed E-state index contributed by atoms with van der Waals surface area (Å²) in [6.45, 7) is 2.19. The summed E-state index contributed by atoms with van der Waals surface area (Å²) in [6.07, 6.45) is 3.87. The van der Waals surface area contributed by atoms with E-state index in [2.05, 4.69) is 10.3 Å². The standard InChI is InChI=1S/C26H22N4O4S2/c1-16-7-5-11-29-23(16)28-22(27-14-20(31)17-8-3-2-4-9-17)19(24(29)32)13-21-25(33)30(26(35)36-21)15-18-10-6-12-34-18/h2-13,20,27,31H,14-15H2,1H3/b21-13-. The molecule has 4 aromatic rings. The lowest BCUT2D eigenvalue weighted by Gasteiger charge is -2.15. The summed E-state index contributed by atoms with van der Waals surface area (Å²) in [6, 6.07) is 16.4.